The molecule has 0 saturated heterocycles. The van der Waals surface area contributed by atoms with Crippen molar-refractivity contribution in [1.82, 2.24) is 16.2 Å². The lowest BCUT2D eigenvalue weighted by Gasteiger charge is -2.11. The number of carbonyl (C=O) groups is 3. The number of nitrogens with one attached hydrogen (secondary N) is 3. The Hall–Kier alpha value is -3.41. The normalized spacial score (nSPS) is 18.3. The summed E-state index contributed by atoms with van der Waals surface area (Å²) in [6.45, 7) is 1.32. The number of benzene rings is 2. The highest BCUT2D eigenvalue weighted by molar-refractivity contribution is 6.01. The van der Waals surface area contributed by atoms with Crippen LogP contribution in [0, 0.1) is 5.92 Å². The van der Waals surface area contributed by atoms with E-state index < -0.39 is 5.91 Å². The standard InChI is InChI=1S/C21H21N3O3/c1-14(25)22-19(12-15-8-4-2-5-9-15)21(27)24-23-20(26)18-13-17(18)16-10-6-3-7-11-16/h2-12,17-18H,13H2,1H3,(H,22,25)(H,23,26)(H,24,27)/b19-12-/t17-,18-/m0/s1. The molecule has 6 heteroatoms. The van der Waals surface area contributed by atoms with Crippen molar-refractivity contribution in [3.05, 3.63) is 77.5 Å². The van der Waals surface area contributed by atoms with Gasteiger partial charge in [0.1, 0.15) is 5.70 Å². The molecular weight excluding hydrogens is 342 g/mol. The van der Waals surface area contributed by atoms with Gasteiger partial charge in [-0.3, -0.25) is 25.2 Å². The van der Waals surface area contributed by atoms with Crippen molar-refractivity contribution in [1.29, 1.82) is 0 Å². The van der Waals surface area contributed by atoms with Crippen LogP contribution in [0.2, 0.25) is 0 Å². The Balaban J connectivity index is 1.59. The van der Waals surface area contributed by atoms with Crippen molar-refractivity contribution in [2.45, 2.75) is 19.3 Å². The highest BCUT2D eigenvalue weighted by atomic mass is 16.2. The lowest BCUT2D eigenvalue weighted by molar-refractivity contribution is -0.128. The zero-order valence-electron chi connectivity index (χ0n) is 14.9. The average molecular weight is 363 g/mol. The van der Waals surface area contributed by atoms with Gasteiger partial charge in [-0.2, -0.15) is 0 Å². The van der Waals surface area contributed by atoms with Gasteiger partial charge in [0.25, 0.3) is 5.91 Å². The van der Waals surface area contributed by atoms with E-state index in [4.69, 9.17) is 0 Å². The predicted molar refractivity (Wildman–Crippen MR) is 102 cm³/mol. The van der Waals surface area contributed by atoms with Crippen LogP contribution in [0.25, 0.3) is 6.08 Å². The highest BCUT2D eigenvalue weighted by Crippen LogP contribution is 2.47. The Kier molecular flexibility index (Phi) is 5.66. The number of hydrazine groups is 1. The van der Waals surface area contributed by atoms with Crippen molar-refractivity contribution in [3.8, 4) is 0 Å². The fourth-order valence-corrected chi connectivity index (χ4v) is 2.90. The Morgan fingerprint density at radius 3 is 2.19 bits per heavy atom. The van der Waals surface area contributed by atoms with E-state index >= 15 is 0 Å². The maximum Gasteiger partial charge on any atom is 0.286 e. The Labute approximate surface area is 157 Å². The van der Waals surface area contributed by atoms with Gasteiger partial charge < -0.3 is 5.32 Å². The maximum atomic E-state index is 12.4. The van der Waals surface area contributed by atoms with Gasteiger partial charge in [-0.15, -0.1) is 0 Å². The molecule has 3 amide bonds. The summed E-state index contributed by atoms with van der Waals surface area (Å²) in [7, 11) is 0. The first kappa shape index (κ1) is 18.4. The molecule has 0 unspecified atom stereocenters. The molecule has 1 aliphatic rings. The molecule has 1 saturated carbocycles. The predicted octanol–water partition coefficient (Wildman–Crippen LogP) is 2.11. The second kappa shape index (κ2) is 8.31. The number of carbonyl (C=O) groups excluding carboxylic acids is 3. The molecule has 138 valence electrons. The summed E-state index contributed by atoms with van der Waals surface area (Å²) in [6, 6.07) is 18.9. The van der Waals surface area contributed by atoms with E-state index in [0.29, 0.717) is 0 Å². The summed E-state index contributed by atoms with van der Waals surface area (Å²) in [5, 5.41) is 2.49. The zero-order chi connectivity index (χ0) is 19.2. The number of hydrogen-bond acceptors (Lipinski definition) is 3. The van der Waals surface area contributed by atoms with E-state index in [-0.39, 0.29) is 29.3 Å². The van der Waals surface area contributed by atoms with Crippen molar-refractivity contribution >= 4 is 23.8 Å². The monoisotopic (exact) mass is 363 g/mol. The molecule has 0 heterocycles. The molecule has 0 radical (unpaired) electrons. The molecule has 0 bridgehead atoms. The van der Waals surface area contributed by atoms with Gasteiger partial charge in [0, 0.05) is 12.8 Å². The van der Waals surface area contributed by atoms with Gasteiger partial charge >= 0.3 is 0 Å². The molecule has 27 heavy (non-hydrogen) atoms. The fourth-order valence-electron chi connectivity index (χ4n) is 2.90. The zero-order valence-corrected chi connectivity index (χ0v) is 14.9. The van der Waals surface area contributed by atoms with Crippen molar-refractivity contribution in [2.75, 3.05) is 0 Å². The summed E-state index contributed by atoms with van der Waals surface area (Å²) in [5.74, 6) is -1.17. The van der Waals surface area contributed by atoms with Gasteiger partial charge in [-0.25, -0.2) is 0 Å². The largest absolute Gasteiger partial charge is 0.322 e. The van der Waals surface area contributed by atoms with Crippen molar-refractivity contribution in [3.63, 3.8) is 0 Å². The van der Waals surface area contributed by atoms with Crippen LogP contribution in [-0.2, 0) is 14.4 Å². The lowest BCUT2D eigenvalue weighted by atomic mass is 10.1. The molecule has 3 rings (SSSR count). The molecule has 1 fully saturated rings. The number of amides is 3. The highest BCUT2D eigenvalue weighted by Gasteiger charge is 2.44. The summed E-state index contributed by atoms with van der Waals surface area (Å²) in [5.41, 5.74) is 6.77. The van der Waals surface area contributed by atoms with Crippen molar-refractivity contribution in [2.24, 2.45) is 5.92 Å². The van der Waals surface area contributed by atoms with Crippen LogP contribution in [0.5, 0.6) is 0 Å². The third-order valence-corrected chi connectivity index (χ3v) is 4.32. The second-order valence-corrected chi connectivity index (χ2v) is 6.45. The molecular formula is C21H21N3O3. The minimum Gasteiger partial charge on any atom is -0.322 e. The fraction of sp³-hybridized carbons (Fsp3) is 0.190. The minimum atomic E-state index is -0.584. The molecule has 0 spiro atoms. The van der Waals surface area contributed by atoms with Crippen LogP contribution in [0.3, 0.4) is 0 Å². The molecule has 3 N–H and O–H groups in total. The Morgan fingerprint density at radius 1 is 0.926 bits per heavy atom. The SMILES string of the molecule is CC(=O)N/C(=C\c1ccccc1)C(=O)NNC(=O)[C@H]1C[C@H]1c1ccccc1. The van der Waals surface area contributed by atoms with Crippen LogP contribution < -0.4 is 16.2 Å². The van der Waals surface area contributed by atoms with E-state index in [1.54, 1.807) is 6.08 Å². The Morgan fingerprint density at radius 2 is 1.56 bits per heavy atom. The van der Waals surface area contributed by atoms with Gasteiger partial charge in [0.05, 0.1) is 0 Å². The molecule has 6 nitrogen and oxygen atoms in total. The molecule has 0 aliphatic heterocycles. The minimum absolute atomic E-state index is 0.0596. The van der Waals surface area contributed by atoms with Crippen LogP contribution in [0.4, 0.5) is 0 Å². The third kappa shape index (κ3) is 5.04. The van der Waals surface area contributed by atoms with E-state index in [9.17, 15) is 14.4 Å². The molecule has 2 aromatic rings. The summed E-state index contributed by atoms with van der Waals surface area (Å²) in [6.07, 6.45) is 2.30. The summed E-state index contributed by atoms with van der Waals surface area (Å²) < 4.78 is 0. The molecule has 0 aromatic heterocycles. The van der Waals surface area contributed by atoms with E-state index in [1.807, 2.05) is 60.7 Å². The Bertz CT molecular complexity index is 863. The quantitative estimate of drug-likeness (QED) is 0.562. The first-order chi connectivity index (χ1) is 13.0. The van der Waals surface area contributed by atoms with Gasteiger partial charge in [-0.05, 0) is 29.5 Å². The van der Waals surface area contributed by atoms with E-state index in [0.717, 1.165) is 17.5 Å². The first-order valence-electron chi connectivity index (χ1n) is 8.74. The van der Waals surface area contributed by atoms with Crippen LogP contribution in [0.15, 0.2) is 66.4 Å². The van der Waals surface area contributed by atoms with Crippen LogP contribution in [-0.4, -0.2) is 17.7 Å². The number of hydrogen-bond donors (Lipinski definition) is 3. The van der Waals surface area contributed by atoms with E-state index in [2.05, 4.69) is 16.2 Å². The third-order valence-electron chi connectivity index (χ3n) is 4.32. The van der Waals surface area contributed by atoms with Gasteiger partial charge in [0.2, 0.25) is 11.8 Å². The second-order valence-electron chi connectivity index (χ2n) is 6.45. The topological polar surface area (TPSA) is 87.3 Å². The summed E-state index contributed by atoms with van der Waals surface area (Å²) in [4.78, 5) is 36.0. The smallest absolute Gasteiger partial charge is 0.286 e. The molecule has 1 aliphatic carbocycles. The van der Waals surface area contributed by atoms with Crippen molar-refractivity contribution < 1.29 is 14.4 Å². The maximum absolute atomic E-state index is 12.4. The number of rotatable bonds is 5. The summed E-state index contributed by atoms with van der Waals surface area (Å²) >= 11 is 0. The van der Waals surface area contributed by atoms with E-state index in [1.165, 1.54) is 6.92 Å². The van der Waals surface area contributed by atoms with Gasteiger partial charge in [0.15, 0.2) is 0 Å². The molecule has 2 aromatic carbocycles. The van der Waals surface area contributed by atoms with Crippen LogP contribution in [0.1, 0.15) is 30.4 Å². The molecule has 2 atom stereocenters. The average Bonchev–Trinajstić information content (AvgIpc) is 3.47. The lowest BCUT2D eigenvalue weighted by Crippen LogP contribution is -2.45. The van der Waals surface area contributed by atoms with Crippen LogP contribution >= 0.6 is 0 Å². The van der Waals surface area contributed by atoms with Gasteiger partial charge in [-0.1, -0.05) is 60.7 Å². The first-order valence-corrected chi connectivity index (χ1v) is 8.74.